The average molecular weight is 268 g/mol. The molecule has 0 aliphatic heterocycles. The molecule has 0 aliphatic rings. The van der Waals surface area contributed by atoms with Crippen molar-refractivity contribution in [3.8, 4) is 0 Å². The molecule has 1 rings (SSSR count). The minimum atomic E-state index is -0.0721. The van der Waals surface area contributed by atoms with Crippen molar-refractivity contribution >= 4 is 23.1 Å². The summed E-state index contributed by atoms with van der Waals surface area (Å²) >= 11 is 4.79. The average Bonchev–Trinajstić information content (AvgIpc) is 2.52. The molecule has 0 aliphatic carbocycles. The summed E-state index contributed by atoms with van der Waals surface area (Å²) in [4.78, 5) is 12.5. The molecule has 0 radical (unpaired) electrons. The lowest BCUT2D eigenvalue weighted by Gasteiger charge is -2.05. The molecule has 0 spiro atoms. The summed E-state index contributed by atoms with van der Waals surface area (Å²) < 4.78 is 5.43. The molecule has 0 atom stereocenters. The van der Waals surface area contributed by atoms with Crippen molar-refractivity contribution in [1.29, 1.82) is 0 Å². The molecule has 4 nitrogen and oxygen atoms in total. The molecule has 100 valence electrons. The van der Waals surface area contributed by atoms with Gasteiger partial charge in [0.1, 0.15) is 11.5 Å². The number of aryl methyl sites for hydroxylation is 2. The number of amides is 1. The highest BCUT2D eigenvalue weighted by Crippen LogP contribution is 2.20. The molecule has 0 saturated carbocycles. The number of hydrogen-bond acceptors (Lipinski definition) is 3. The van der Waals surface area contributed by atoms with Gasteiger partial charge in [0.15, 0.2) is 0 Å². The van der Waals surface area contributed by atoms with E-state index in [1.807, 2.05) is 20.8 Å². The van der Waals surface area contributed by atoms with Crippen LogP contribution in [0.1, 0.15) is 46.7 Å². The van der Waals surface area contributed by atoms with Crippen LogP contribution in [0.5, 0.6) is 0 Å². The second kappa shape index (κ2) is 6.54. The maximum atomic E-state index is 12.0. The van der Waals surface area contributed by atoms with Crippen LogP contribution in [0.3, 0.4) is 0 Å². The molecule has 0 aromatic carbocycles. The van der Waals surface area contributed by atoms with Gasteiger partial charge < -0.3 is 15.5 Å². The van der Waals surface area contributed by atoms with Gasteiger partial charge in [-0.25, -0.2) is 0 Å². The van der Waals surface area contributed by atoms with Crippen LogP contribution in [0.15, 0.2) is 4.42 Å². The zero-order valence-corrected chi connectivity index (χ0v) is 11.9. The number of carbonyl (C=O) groups excluding carboxylic acids is 1. The lowest BCUT2D eigenvalue weighted by molar-refractivity contribution is 0.0951. The van der Waals surface area contributed by atoms with Crippen LogP contribution in [-0.2, 0) is 0 Å². The van der Waals surface area contributed by atoms with Crippen LogP contribution in [0.4, 0.5) is 0 Å². The second-order valence-electron chi connectivity index (χ2n) is 4.39. The maximum absolute atomic E-state index is 12.0. The number of hydrogen-bond donors (Lipinski definition) is 2. The van der Waals surface area contributed by atoms with E-state index in [4.69, 9.17) is 22.4 Å². The van der Waals surface area contributed by atoms with Crippen LogP contribution in [0, 0.1) is 20.8 Å². The molecule has 18 heavy (non-hydrogen) atoms. The number of unbranched alkanes of at least 4 members (excludes halogenated alkanes) is 1. The topological polar surface area (TPSA) is 68.3 Å². The minimum absolute atomic E-state index is 0.0721. The largest absolute Gasteiger partial charge is 0.466 e. The highest BCUT2D eigenvalue weighted by Gasteiger charge is 2.17. The molecule has 3 N–H and O–H groups in total. The third-order valence-electron chi connectivity index (χ3n) is 2.92. The summed E-state index contributed by atoms with van der Waals surface area (Å²) in [5.74, 6) is 1.40. The Bertz CT molecular complexity index is 452. The molecule has 0 bridgehead atoms. The molecule has 0 fully saturated rings. The summed E-state index contributed by atoms with van der Waals surface area (Å²) in [6.45, 7) is 6.20. The first-order valence-electron chi connectivity index (χ1n) is 6.06. The van der Waals surface area contributed by atoms with E-state index in [1.54, 1.807) is 0 Å². The van der Waals surface area contributed by atoms with Gasteiger partial charge >= 0.3 is 0 Å². The van der Waals surface area contributed by atoms with Gasteiger partial charge in [-0.1, -0.05) is 12.2 Å². The van der Waals surface area contributed by atoms with Crippen molar-refractivity contribution in [1.82, 2.24) is 5.32 Å². The van der Waals surface area contributed by atoms with E-state index < -0.39 is 0 Å². The monoisotopic (exact) mass is 268 g/mol. The van der Waals surface area contributed by atoms with Gasteiger partial charge in [-0.2, -0.15) is 0 Å². The van der Waals surface area contributed by atoms with Crippen molar-refractivity contribution in [3.05, 3.63) is 22.6 Å². The Balaban J connectivity index is 2.44. The van der Waals surface area contributed by atoms with Crippen LogP contribution in [0.2, 0.25) is 0 Å². The predicted molar refractivity (Wildman–Crippen MR) is 75.9 cm³/mol. The number of nitrogens with one attached hydrogen (secondary N) is 1. The second-order valence-corrected chi connectivity index (χ2v) is 4.92. The lowest BCUT2D eigenvalue weighted by Crippen LogP contribution is -2.25. The van der Waals surface area contributed by atoms with Crippen molar-refractivity contribution < 1.29 is 9.21 Å². The van der Waals surface area contributed by atoms with Gasteiger partial charge in [0, 0.05) is 12.1 Å². The van der Waals surface area contributed by atoms with Crippen molar-refractivity contribution in [2.75, 3.05) is 6.54 Å². The van der Waals surface area contributed by atoms with Crippen molar-refractivity contribution in [2.24, 2.45) is 5.73 Å². The van der Waals surface area contributed by atoms with Gasteiger partial charge in [-0.15, -0.1) is 0 Å². The molecule has 0 saturated heterocycles. The van der Waals surface area contributed by atoms with Crippen LogP contribution in [0.25, 0.3) is 0 Å². The SMILES string of the molecule is Cc1oc(C)c(C(=O)NCCCCC(N)=S)c1C. The molecule has 1 aromatic heterocycles. The Labute approximate surface area is 113 Å². The maximum Gasteiger partial charge on any atom is 0.255 e. The third kappa shape index (κ3) is 3.84. The fourth-order valence-corrected chi connectivity index (χ4v) is 1.99. The first-order chi connectivity index (χ1) is 8.43. The van der Waals surface area contributed by atoms with Crippen molar-refractivity contribution in [2.45, 2.75) is 40.0 Å². The molecule has 1 aromatic rings. The molecular formula is C13H20N2O2S. The van der Waals surface area contributed by atoms with Gasteiger partial charge in [-0.05, 0) is 40.0 Å². The smallest absolute Gasteiger partial charge is 0.255 e. The summed E-state index contributed by atoms with van der Waals surface area (Å²) in [6.07, 6.45) is 2.50. The van der Waals surface area contributed by atoms with Crippen LogP contribution < -0.4 is 11.1 Å². The molecule has 0 unspecified atom stereocenters. The standard InChI is InChI=1S/C13H20N2O2S/c1-8-9(2)17-10(3)12(8)13(16)15-7-5-4-6-11(14)18/h4-7H2,1-3H3,(H2,14,18)(H,15,16). The zero-order chi connectivity index (χ0) is 13.7. The Kier molecular flexibility index (Phi) is 5.34. The van der Waals surface area contributed by atoms with E-state index in [-0.39, 0.29) is 5.91 Å². The highest BCUT2D eigenvalue weighted by atomic mass is 32.1. The van der Waals surface area contributed by atoms with E-state index in [1.165, 1.54) is 0 Å². The number of thiocarbonyl (C=S) groups is 1. The summed E-state index contributed by atoms with van der Waals surface area (Å²) in [5.41, 5.74) is 6.96. The van der Waals surface area contributed by atoms with Gasteiger partial charge in [0.25, 0.3) is 5.91 Å². The number of furan rings is 1. The number of rotatable bonds is 6. The Morgan fingerprint density at radius 2 is 1.94 bits per heavy atom. The Morgan fingerprint density at radius 1 is 1.28 bits per heavy atom. The summed E-state index contributed by atoms with van der Waals surface area (Å²) in [7, 11) is 0. The van der Waals surface area contributed by atoms with Gasteiger partial charge in [-0.3, -0.25) is 4.79 Å². The third-order valence-corrected chi connectivity index (χ3v) is 3.13. The number of carbonyl (C=O) groups is 1. The fraction of sp³-hybridized carbons (Fsp3) is 0.538. The Morgan fingerprint density at radius 3 is 2.44 bits per heavy atom. The van der Waals surface area contributed by atoms with E-state index >= 15 is 0 Å². The summed E-state index contributed by atoms with van der Waals surface area (Å²) in [5, 5.41) is 2.88. The van der Waals surface area contributed by atoms with Crippen LogP contribution in [-0.4, -0.2) is 17.4 Å². The van der Waals surface area contributed by atoms with E-state index in [9.17, 15) is 4.79 Å². The minimum Gasteiger partial charge on any atom is -0.466 e. The molecule has 1 amide bonds. The van der Waals surface area contributed by atoms with E-state index in [2.05, 4.69) is 5.32 Å². The fourth-order valence-electron chi connectivity index (χ4n) is 1.84. The lowest BCUT2D eigenvalue weighted by atomic mass is 10.1. The van der Waals surface area contributed by atoms with E-state index in [0.29, 0.717) is 22.9 Å². The molecular weight excluding hydrogens is 248 g/mol. The molecule has 5 heteroatoms. The predicted octanol–water partition coefficient (Wildman–Crippen LogP) is 2.39. The van der Waals surface area contributed by atoms with Gasteiger partial charge in [0.2, 0.25) is 0 Å². The normalized spacial score (nSPS) is 10.4. The quantitative estimate of drug-likeness (QED) is 0.614. The molecule has 1 heterocycles. The highest BCUT2D eigenvalue weighted by molar-refractivity contribution is 7.80. The summed E-state index contributed by atoms with van der Waals surface area (Å²) in [6, 6.07) is 0. The van der Waals surface area contributed by atoms with Gasteiger partial charge in [0.05, 0.1) is 10.6 Å². The van der Waals surface area contributed by atoms with Crippen LogP contribution >= 0.6 is 12.2 Å². The van der Waals surface area contributed by atoms with Crippen molar-refractivity contribution in [3.63, 3.8) is 0 Å². The first kappa shape index (κ1) is 14.7. The first-order valence-corrected chi connectivity index (χ1v) is 6.47. The zero-order valence-electron chi connectivity index (χ0n) is 11.1. The Hall–Kier alpha value is -1.36. The number of nitrogens with two attached hydrogens (primary N) is 1. The van der Waals surface area contributed by atoms with E-state index in [0.717, 1.165) is 30.6 Å².